The fourth-order valence-corrected chi connectivity index (χ4v) is 6.60. The lowest BCUT2D eigenvalue weighted by Crippen LogP contribution is -2.40. The van der Waals surface area contributed by atoms with Crippen LogP contribution in [0.15, 0.2) is 104 Å². The predicted molar refractivity (Wildman–Crippen MR) is 159 cm³/mol. The second-order valence-electron chi connectivity index (χ2n) is 9.40. The van der Waals surface area contributed by atoms with Crippen molar-refractivity contribution in [3.8, 4) is 11.3 Å². The van der Waals surface area contributed by atoms with Crippen LogP contribution in [0.2, 0.25) is 0 Å². The van der Waals surface area contributed by atoms with Gasteiger partial charge in [0.15, 0.2) is 4.80 Å². The topological polar surface area (TPSA) is 120 Å². The van der Waals surface area contributed by atoms with E-state index in [0.717, 1.165) is 10.4 Å². The molecule has 1 aliphatic heterocycles. The molecular weight excluding hydrogens is 560 g/mol. The zero-order chi connectivity index (χ0) is 28.7. The fourth-order valence-electron chi connectivity index (χ4n) is 4.75. The first-order chi connectivity index (χ1) is 19.8. The molecule has 41 heavy (non-hydrogen) atoms. The Kier molecular flexibility index (Phi) is 6.82. The van der Waals surface area contributed by atoms with Gasteiger partial charge in [0.25, 0.3) is 17.2 Å². The summed E-state index contributed by atoms with van der Waals surface area (Å²) in [6.07, 6.45) is 1.60. The van der Waals surface area contributed by atoms with E-state index in [1.54, 1.807) is 60.9 Å². The Morgan fingerprint density at radius 1 is 1.10 bits per heavy atom. The molecule has 0 saturated heterocycles. The molecule has 0 saturated carbocycles. The van der Waals surface area contributed by atoms with E-state index in [-0.39, 0.29) is 17.2 Å². The minimum Gasteiger partial charge on any atom is -0.456 e. The van der Waals surface area contributed by atoms with Crippen molar-refractivity contribution in [1.82, 2.24) is 4.57 Å². The predicted octanol–water partition coefficient (Wildman–Crippen LogP) is 5.41. The van der Waals surface area contributed by atoms with Gasteiger partial charge in [-0.1, -0.05) is 41.7 Å². The number of amides is 1. The third-order valence-corrected chi connectivity index (χ3v) is 8.53. The van der Waals surface area contributed by atoms with Crippen LogP contribution in [0.4, 0.5) is 11.4 Å². The summed E-state index contributed by atoms with van der Waals surface area (Å²) in [6, 6.07) is 20.5. The molecule has 0 fully saturated rings. The third kappa shape index (κ3) is 4.96. The van der Waals surface area contributed by atoms with Crippen molar-refractivity contribution in [2.75, 3.05) is 5.32 Å². The number of hydrogen-bond donors (Lipinski definition) is 1. The van der Waals surface area contributed by atoms with E-state index < -0.39 is 11.0 Å². The number of allylic oxidation sites excluding steroid dienone is 1. The molecule has 0 aliphatic carbocycles. The zero-order valence-corrected chi connectivity index (χ0v) is 23.5. The molecule has 11 heteroatoms. The van der Waals surface area contributed by atoms with Crippen LogP contribution in [0, 0.1) is 17.0 Å². The van der Waals surface area contributed by atoms with Gasteiger partial charge in [0.2, 0.25) is 0 Å². The quantitative estimate of drug-likeness (QED) is 0.212. The molecule has 0 spiro atoms. The van der Waals surface area contributed by atoms with Gasteiger partial charge in [0, 0.05) is 22.7 Å². The van der Waals surface area contributed by atoms with Gasteiger partial charge in [-0.3, -0.25) is 24.3 Å². The summed E-state index contributed by atoms with van der Waals surface area (Å²) < 4.78 is 7.84. The first-order valence-electron chi connectivity index (χ1n) is 12.6. The summed E-state index contributed by atoms with van der Waals surface area (Å²) in [4.78, 5) is 44.4. The fraction of sp³-hybridized carbons (Fsp3) is 0.100. The van der Waals surface area contributed by atoms with Gasteiger partial charge in [-0.15, -0.1) is 11.3 Å². The smallest absolute Gasteiger partial charge is 0.280 e. The summed E-state index contributed by atoms with van der Waals surface area (Å²) >= 11 is 2.65. The van der Waals surface area contributed by atoms with E-state index in [1.165, 1.54) is 28.7 Å². The number of thiazole rings is 1. The number of aromatic nitrogens is 1. The van der Waals surface area contributed by atoms with Crippen molar-refractivity contribution in [3.63, 3.8) is 0 Å². The lowest BCUT2D eigenvalue weighted by Gasteiger charge is -2.24. The number of furan rings is 1. The largest absolute Gasteiger partial charge is 0.456 e. The number of nitro benzene ring substituents is 1. The molecule has 2 aromatic carbocycles. The molecule has 4 heterocycles. The van der Waals surface area contributed by atoms with Gasteiger partial charge in [-0.25, -0.2) is 4.99 Å². The lowest BCUT2D eigenvalue weighted by atomic mass is 10.0. The van der Waals surface area contributed by atoms with E-state index >= 15 is 0 Å². The maximum atomic E-state index is 13.8. The first kappa shape index (κ1) is 26.4. The first-order valence-corrected chi connectivity index (χ1v) is 14.3. The summed E-state index contributed by atoms with van der Waals surface area (Å²) in [5, 5.41) is 16.4. The minimum absolute atomic E-state index is 0.0574. The van der Waals surface area contributed by atoms with Crippen molar-refractivity contribution >= 4 is 46.0 Å². The van der Waals surface area contributed by atoms with Crippen molar-refractivity contribution in [2.24, 2.45) is 4.99 Å². The maximum absolute atomic E-state index is 13.8. The number of aryl methyl sites for hydroxylation is 1. The highest BCUT2D eigenvalue weighted by Crippen LogP contribution is 2.34. The van der Waals surface area contributed by atoms with Crippen molar-refractivity contribution in [3.05, 3.63) is 135 Å². The van der Waals surface area contributed by atoms with Gasteiger partial charge in [-0.2, -0.15) is 0 Å². The average Bonchev–Trinajstić information content (AvgIpc) is 3.70. The number of nitrogens with zero attached hydrogens (tertiary/aromatic N) is 3. The van der Waals surface area contributed by atoms with E-state index in [1.807, 2.05) is 35.7 Å². The van der Waals surface area contributed by atoms with E-state index in [4.69, 9.17) is 4.42 Å². The second-order valence-corrected chi connectivity index (χ2v) is 11.4. The molecule has 6 rings (SSSR count). The molecule has 1 unspecified atom stereocenters. The number of rotatable bonds is 6. The highest BCUT2D eigenvalue weighted by Gasteiger charge is 2.33. The normalized spacial score (nSPS) is 15.0. The summed E-state index contributed by atoms with van der Waals surface area (Å²) in [7, 11) is 0. The van der Waals surface area contributed by atoms with Crippen LogP contribution < -0.4 is 20.2 Å². The number of benzene rings is 2. The SMILES string of the molecule is CC1=C(C(=O)Nc2ccccc2)C(c2cccs2)n2c(s/c(=C\c3ccc(-c4ccc(C)cc4[N+](=O)[O-])o3)c2=O)=N1. The number of carbonyl (C=O) groups is 1. The molecular formula is C30H22N4O5S2. The number of anilines is 1. The Hall–Kier alpha value is -4.87. The molecule has 9 nitrogen and oxygen atoms in total. The summed E-state index contributed by atoms with van der Waals surface area (Å²) in [6.45, 7) is 3.55. The maximum Gasteiger partial charge on any atom is 0.280 e. The number of hydrogen-bond acceptors (Lipinski definition) is 8. The van der Waals surface area contributed by atoms with Crippen LogP contribution in [0.25, 0.3) is 17.4 Å². The van der Waals surface area contributed by atoms with Crippen LogP contribution in [0.3, 0.4) is 0 Å². The second kappa shape index (κ2) is 10.6. The van der Waals surface area contributed by atoms with E-state index in [2.05, 4.69) is 10.3 Å². The number of para-hydroxylation sites is 1. The Morgan fingerprint density at radius 3 is 2.63 bits per heavy atom. The summed E-state index contributed by atoms with van der Waals surface area (Å²) in [5.74, 6) is 0.356. The van der Waals surface area contributed by atoms with Crippen LogP contribution in [0.1, 0.15) is 29.2 Å². The Morgan fingerprint density at radius 2 is 1.90 bits per heavy atom. The monoisotopic (exact) mass is 582 g/mol. The van der Waals surface area contributed by atoms with Gasteiger partial charge in [-0.05, 0) is 61.2 Å². The van der Waals surface area contributed by atoms with Gasteiger partial charge < -0.3 is 9.73 Å². The molecule has 1 atom stereocenters. The van der Waals surface area contributed by atoms with Crippen LogP contribution in [0.5, 0.6) is 0 Å². The number of fused-ring (bicyclic) bond motifs is 1. The molecule has 0 radical (unpaired) electrons. The number of carbonyl (C=O) groups excluding carboxylic acids is 1. The van der Waals surface area contributed by atoms with Gasteiger partial charge in [0.1, 0.15) is 17.6 Å². The molecule has 5 aromatic rings. The van der Waals surface area contributed by atoms with Crippen LogP contribution >= 0.6 is 22.7 Å². The molecule has 204 valence electrons. The molecule has 0 bridgehead atoms. The summed E-state index contributed by atoms with van der Waals surface area (Å²) in [5.41, 5.74) is 2.30. The van der Waals surface area contributed by atoms with Gasteiger partial charge in [0.05, 0.1) is 26.3 Å². The molecule has 3 aromatic heterocycles. The zero-order valence-electron chi connectivity index (χ0n) is 21.9. The van der Waals surface area contributed by atoms with Crippen molar-refractivity contribution in [2.45, 2.75) is 19.9 Å². The third-order valence-electron chi connectivity index (χ3n) is 6.63. The number of nitrogens with one attached hydrogen (secondary N) is 1. The Bertz CT molecular complexity index is 2020. The molecule has 1 N–H and O–H groups in total. The minimum atomic E-state index is -0.653. The molecule has 1 aliphatic rings. The number of thiophene rings is 1. The Labute approximate surface area is 241 Å². The van der Waals surface area contributed by atoms with Gasteiger partial charge >= 0.3 is 0 Å². The average molecular weight is 583 g/mol. The Balaban J connectivity index is 1.42. The highest BCUT2D eigenvalue weighted by molar-refractivity contribution is 7.10. The highest BCUT2D eigenvalue weighted by atomic mass is 32.1. The van der Waals surface area contributed by atoms with Crippen molar-refractivity contribution in [1.29, 1.82) is 0 Å². The molecule has 1 amide bonds. The lowest BCUT2D eigenvalue weighted by molar-refractivity contribution is -0.384. The van der Waals surface area contributed by atoms with Crippen LogP contribution in [-0.4, -0.2) is 15.4 Å². The van der Waals surface area contributed by atoms with Crippen LogP contribution in [-0.2, 0) is 4.79 Å². The van der Waals surface area contributed by atoms with E-state index in [9.17, 15) is 19.7 Å². The van der Waals surface area contributed by atoms with E-state index in [0.29, 0.717) is 43.4 Å². The van der Waals surface area contributed by atoms with Crippen molar-refractivity contribution < 1.29 is 14.1 Å². The number of nitro groups is 1. The standard InChI is InChI=1S/C30H22N4O5S2/c1-17-10-12-21(22(15-17)34(37)38)23-13-11-20(39-23)16-25-29(36)33-27(24-9-6-14-40-24)26(18(2)31-30(33)41-25)28(35)32-19-7-4-3-5-8-19/h3-16,27H,1-2H3,(H,32,35)/b25-16-.